The first kappa shape index (κ1) is 13.4. The second kappa shape index (κ2) is 6.82. The SMILES string of the molecule is CC(C)CCC(C)NCC(C)C(N)=O. The van der Waals surface area contributed by atoms with Crippen LogP contribution >= 0.6 is 0 Å². The maximum atomic E-state index is 10.8. The van der Waals surface area contributed by atoms with Gasteiger partial charge in [0.2, 0.25) is 5.91 Å². The van der Waals surface area contributed by atoms with Crippen molar-refractivity contribution >= 4 is 5.91 Å². The standard InChI is InChI=1S/C11H24N2O/c1-8(2)5-6-10(4)13-7-9(3)11(12)14/h8-10,13H,5-7H2,1-4H3,(H2,12,14). The van der Waals surface area contributed by atoms with Crippen molar-refractivity contribution < 1.29 is 4.79 Å². The van der Waals surface area contributed by atoms with Crippen molar-refractivity contribution in [2.45, 2.75) is 46.6 Å². The third-order valence-corrected chi connectivity index (χ3v) is 2.44. The largest absolute Gasteiger partial charge is 0.369 e. The number of nitrogens with two attached hydrogens (primary N) is 1. The van der Waals surface area contributed by atoms with Gasteiger partial charge < -0.3 is 11.1 Å². The van der Waals surface area contributed by atoms with Gasteiger partial charge in [0.25, 0.3) is 0 Å². The summed E-state index contributed by atoms with van der Waals surface area (Å²) >= 11 is 0. The second-order valence-electron chi connectivity index (χ2n) is 4.58. The number of nitrogens with one attached hydrogen (secondary N) is 1. The smallest absolute Gasteiger partial charge is 0.221 e. The van der Waals surface area contributed by atoms with Crippen LogP contribution in [0.15, 0.2) is 0 Å². The Labute approximate surface area is 87.4 Å². The highest BCUT2D eigenvalue weighted by Crippen LogP contribution is 2.06. The van der Waals surface area contributed by atoms with E-state index in [-0.39, 0.29) is 11.8 Å². The lowest BCUT2D eigenvalue weighted by molar-refractivity contribution is -0.121. The summed E-state index contributed by atoms with van der Waals surface area (Å²) in [5, 5.41) is 3.32. The molecule has 0 saturated heterocycles. The Bertz CT molecular complexity index is 169. The Balaban J connectivity index is 3.53. The first-order valence-corrected chi connectivity index (χ1v) is 5.46. The van der Waals surface area contributed by atoms with Crippen LogP contribution in [0.4, 0.5) is 0 Å². The van der Waals surface area contributed by atoms with Crippen molar-refractivity contribution in [2.75, 3.05) is 6.54 Å². The summed E-state index contributed by atoms with van der Waals surface area (Å²) in [5.41, 5.74) is 5.17. The molecule has 0 aliphatic heterocycles. The third-order valence-electron chi connectivity index (χ3n) is 2.44. The fourth-order valence-electron chi connectivity index (χ4n) is 1.16. The van der Waals surface area contributed by atoms with Gasteiger partial charge in [0.05, 0.1) is 0 Å². The van der Waals surface area contributed by atoms with Gasteiger partial charge >= 0.3 is 0 Å². The maximum Gasteiger partial charge on any atom is 0.221 e. The van der Waals surface area contributed by atoms with Crippen molar-refractivity contribution in [3.63, 3.8) is 0 Å². The van der Waals surface area contributed by atoms with Crippen LogP contribution in [0.3, 0.4) is 0 Å². The Morgan fingerprint density at radius 2 is 1.79 bits per heavy atom. The van der Waals surface area contributed by atoms with Gasteiger partial charge in [0.1, 0.15) is 0 Å². The summed E-state index contributed by atoms with van der Waals surface area (Å²) in [7, 11) is 0. The molecule has 0 aromatic rings. The molecule has 0 saturated carbocycles. The van der Waals surface area contributed by atoms with Crippen LogP contribution in [0, 0.1) is 11.8 Å². The van der Waals surface area contributed by atoms with E-state index < -0.39 is 0 Å². The Hall–Kier alpha value is -0.570. The lowest BCUT2D eigenvalue weighted by atomic mass is 10.0. The van der Waals surface area contributed by atoms with E-state index in [1.807, 2.05) is 6.92 Å². The summed E-state index contributed by atoms with van der Waals surface area (Å²) in [4.78, 5) is 10.8. The van der Waals surface area contributed by atoms with Crippen LogP contribution in [-0.2, 0) is 4.79 Å². The number of amides is 1. The predicted molar refractivity (Wildman–Crippen MR) is 59.9 cm³/mol. The molecule has 0 radical (unpaired) electrons. The highest BCUT2D eigenvalue weighted by molar-refractivity contribution is 5.76. The average molecular weight is 200 g/mol. The summed E-state index contributed by atoms with van der Waals surface area (Å²) in [5.74, 6) is 0.442. The molecule has 14 heavy (non-hydrogen) atoms. The highest BCUT2D eigenvalue weighted by Gasteiger charge is 2.10. The Morgan fingerprint density at radius 1 is 1.21 bits per heavy atom. The van der Waals surface area contributed by atoms with Crippen LogP contribution < -0.4 is 11.1 Å². The molecule has 3 heteroatoms. The average Bonchev–Trinajstić information content (AvgIpc) is 2.10. The molecule has 0 aromatic carbocycles. The molecule has 0 heterocycles. The third kappa shape index (κ3) is 6.89. The second-order valence-corrected chi connectivity index (χ2v) is 4.58. The van der Waals surface area contributed by atoms with Crippen LogP contribution in [0.1, 0.15) is 40.5 Å². The first-order valence-electron chi connectivity index (χ1n) is 5.46. The van der Waals surface area contributed by atoms with Gasteiger partial charge in [0, 0.05) is 18.5 Å². The number of primary amides is 1. The summed E-state index contributed by atoms with van der Waals surface area (Å²) in [6, 6.07) is 0.471. The molecule has 0 aromatic heterocycles. The number of rotatable bonds is 7. The quantitative estimate of drug-likeness (QED) is 0.654. The highest BCUT2D eigenvalue weighted by atomic mass is 16.1. The summed E-state index contributed by atoms with van der Waals surface area (Å²) in [6.45, 7) is 9.13. The molecule has 0 bridgehead atoms. The van der Waals surface area contributed by atoms with E-state index in [9.17, 15) is 4.79 Å². The Kier molecular flexibility index (Phi) is 6.54. The molecule has 0 rings (SSSR count). The molecule has 84 valence electrons. The zero-order chi connectivity index (χ0) is 11.1. The number of hydrogen-bond donors (Lipinski definition) is 2. The monoisotopic (exact) mass is 200 g/mol. The summed E-state index contributed by atoms with van der Waals surface area (Å²) < 4.78 is 0. The molecule has 2 atom stereocenters. The van der Waals surface area contributed by atoms with E-state index in [2.05, 4.69) is 26.1 Å². The van der Waals surface area contributed by atoms with E-state index in [0.717, 1.165) is 12.3 Å². The fraction of sp³-hybridized carbons (Fsp3) is 0.909. The van der Waals surface area contributed by atoms with Gasteiger partial charge in [-0.3, -0.25) is 4.79 Å². The van der Waals surface area contributed by atoms with Crippen LogP contribution in [0.5, 0.6) is 0 Å². The molecular weight excluding hydrogens is 176 g/mol. The van der Waals surface area contributed by atoms with Gasteiger partial charge in [-0.1, -0.05) is 20.8 Å². The van der Waals surface area contributed by atoms with Gasteiger partial charge in [-0.15, -0.1) is 0 Å². The molecule has 0 fully saturated rings. The molecule has 3 N–H and O–H groups in total. The van der Waals surface area contributed by atoms with Crippen molar-refractivity contribution in [2.24, 2.45) is 17.6 Å². The van der Waals surface area contributed by atoms with Crippen molar-refractivity contribution in [1.29, 1.82) is 0 Å². The first-order chi connectivity index (χ1) is 6.43. The number of carbonyl (C=O) groups is 1. The van der Waals surface area contributed by atoms with E-state index in [0.29, 0.717) is 12.6 Å². The predicted octanol–water partition coefficient (Wildman–Crippen LogP) is 1.52. The van der Waals surface area contributed by atoms with E-state index in [1.165, 1.54) is 6.42 Å². The molecule has 0 aliphatic rings. The van der Waals surface area contributed by atoms with Crippen LogP contribution in [0.25, 0.3) is 0 Å². The van der Waals surface area contributed by atoms with E-state index in [4.69, 9.17) is 5.73 Å². The zero-order valence-electron chi connectivity index (χ0n) is 9.84. The van der Waals surface area contributed by atoms with Gasteiger partial charge in [0.15, 0.2) is 0 Å². The molecule has 0 aliphatic carbocycles. The minimum Gasteiger partial charge on any atom is -0.369 e. The molecule has 3 nitrogen and oxygen atoms in total. The molecular formula is C11H24N2O. The molecule has 1 amide bonds. The van der Waals surface area contributed by atoms with Crippen molar-refractivity contribution in [3.05, 3.63) is 0 Å². The lowest BCUT2D eigenvalue weighted by Crippen LogP contribution is -2.35. The van der Waals surface area contributed by atoms with Crippen LogP contribution in [-0.4, -0.2) is 18.5 Å². The van der Waals surface area contributed by atoms with E-state index >= 15 is 0 Å². The van der Waals surface area contributed by atoms with Gasteiger partial charge in [-0.25, -0.2) is 0 Å². The Morgan fingerprint density at radius 3 is 2.21 bits per heavy atom. The summed E-state index contributed by atoms with van der Waals surface area (Å²) in [6.07, 6.45) is 2.38. The number of hydrogen-bond acceptors (Lipinski definition) is 2. The number of carbonyl (C=O) groups excluding carboxylic acids is 1. The van der Waals surface area contributed by atoms with Crippen LogP contribution in [0.2, 0.25) is 0 Å². The molecule has 0 spiro atoms. The fourth-order valence-corrected chi connectivity index (χ4v) is 1.16. The lowest BCUT2D eigenvalue weighted by Gasteiger charge is -2.16. The minimum atomic E-state index is -0.228. The maximum absolute atomic E-state index is 10.8. The van der Waals surface area contributed by atoms with Gasteiger partial charge in [-0.2, -0.15) is 0 Å². The topological polar surface area (TPSA) is 55.1 Å². The zero-order valence-corrected chi connectivity index (χ0v) is 9.84. The van der Waals surface area contributed by atoms with Crippen molar-refractivity contribution in [3.8, 4) is 0 Å². The van der Waals surface area contributed by atoms with Gasteiger partial charge in [-0.05, 0) is 25.7 Å². The minimum absolute atomic E-state index is 0.0727. The molecule has 2 unspecified atom stereocenters. The van der Waals surface area contributed by atoms with E-state index in [1.54, 1.807) is 0 Å². The van der Waals surface area contributed by atoms with Crippen molar-refractivity contribution in [1.82, 2.24) is 5.32 Å². The normalized spacial score (nSPS) is 15.5.